The molecule has 39 heavy (non-hydrogen) atoms. The molecule has 0 spiro atoms. The van der Waals surface area contributed by atoms with E-state index >= 15 is 0 Å². The Balaban J connectivity index is 1.53. The topological polar surface area (TPSA) is 39.7 Å². The fourth-order valence-corrected chi connectivity index (χ4v) is 4.60. The number of rotatable bonds is 11. The molecular formula is C32H32F3NO3. The summed E-state index contributed by atoms with van der Waals surface area (Å²) in [5.41, 5.74) is 5.60. The Labute approximate surface area is 227 Å². The van der Waals surface area contributed by atoms with E-state index in [0.717, 1.165) is 22.3 Å². The Hall–Kier alpha value is -3.97. The lowest BCUT2D eigenvalue weighted by atomic mass is 9.97. The minimum atomic E-state index is -4.32. The van der Waals surface area contributed by atoms with Crippen LogP contribution in [0.25, 0.3) is 11.1 Å². The summed E-state index contributed by atoms with van der Waals surface area (Å²) in [6.45, 7) is 2.51. The highest BCUT2D eigenvalue weighted by atomic mass is 19.4. The van der Waals surface area contributed by atoms with Crippen molar-refractivity contribution < 1.29 is 27.4 Å². The number of methoxy groups -OCH3 is 2. The fraction of sp³-hybridized carbons (Fsp3) is 0.250. The van der Waals surface area contributed by atoms with Crippen molar-refractivity contribution in [1.82, 2.24) is 5.32 Å². The van der Waals surface area contributed by atoms with Crippen LogP contribution in [0, 0.1) is 6.92 Å². The van der Waals surface area contributed by atoms with Crippen LogP contribution in [-0.2, 0) is 13.2 Å². The molecule has 0 bridgehead atoms. The molecule has 0 aromatic heterocycles. The van der Waals surface area contributed by atoms with Gasteiger partial charge in [-0.1, -0.05) is 78.9 Å². The number of benzene rings is 4. The van der Waals surface area contributed by atoms with Gasteiger partial charge in [0.25, 0.3) is 0 Å². The third kappa shape index (κ3) is 7.33. The number of ether oxygens (including phenoxy) is 3. The van der Waals surface area contributed by atoms with Crippen molar-refractivity contribution in [2.24, 2.45) is 0 Å². The van der Waals surface area contributed by atoms with Crippen LogP contribution in [0.2, 0.25) is 0 Å². The minimum absolute atomic E-state index is 0.112. The molecule has 4 nitrogen and oxygen atoms in total. The van der Waals surface area contributed by atoms with Crippen LogP contribution in [0.1, 0.15) is 34.7 Å². The van der Waals surface area contributed by atoms with Crippen molar-refractivity contribution in [3.63, 3.8) is 0 Å². The number of hydrogen-bond donors (Lipinski definition) is 1. The standard InChI is InChI=1S/C32H32F3NO3/c1-22-25(15-10-16-27(22)23-11-6-4-7-12-23)21-39-26-17-30(37-2)28(31(18-26)38-3)20-36-29(19-32(33,34)35)24-13-8-5-9-14-24/h4-18,29,36H,19-21H2,1-3H3. The third-order valence-corrected chi connectivity index (χ3v) is 6.67. The summed E-state index contributed by atoms with van der Waals surface area (Å²) < 4.78 is 57.3. The lowest BCUT2D eigenvalue weighted by Crippen LogP contribution is -2.26. The van der Waals surface area contributed by atoms with E-state index in [-0.39, 0.29) is 6.54 Å². The zero-order chi connectivity index (χ0) is 27.8. The van der Waals surface area contributed by atoms with Crippen LogP contribution < -0.4 is 19.5 Å². The van der Waals surface area contributed by atoms with E-state index in [1.54, 1.807) is 42.5 Å². The summed E-state index contributed by atoms with van der Waals surface area (Å²) >= 11 is 0. The average Bonchev–Trinajstić information content (AvgIpc) is 2.95. The summed E-state index contributed by atoms with van der Waals surface area (Å²) in [6.07, 6.45) is -5.32. The molecule has 0 aliphatic carbocycles. The molecule has 0 aliphatic rings. The quantitative estimate of drug-likeness (QED) is 0.211. The Morgan fingerprint density at radius 1 is 0.795 bits per heavy atom. The highest BCUT2D eigenvalue weighted by Crippen LogP contribution is 2.36. The van der Waals surface area contributed by atoms with Gasteiger partial charge in [-0.25, -0.2) is 0 Å². The Morgan fingerprint density at radius 3 is 2.00 bits per heavy atom. The first kappa shape index (κ1) is 28.0. The fourth-order valence-electron chi connectivity index (χ4n) is 4.60. The second-order valence-corrected chi connectivity index (χ2v) is 9.21. The van der Waals surface area contributed by atoms with Crippen molar-refractivity contribution in [2.75, 3.05) is 14.2 Å². The summed E-state index contributed by atoms with van der Waals surface area (Å²) in [5, 5.41) is 3.04. The third-order valence-electron chi connectivity index (χ3n) is 6.67. The van der Waals surface area contributed by atoms with Crippen molar-refractivity contribution in [3.05, 3.63) is 113 Å². The summed E-state index contributed by atoms with van der Waals surface area (Å²) in [4.78, 5) is 0. The Bertz CT molecular complexity index is 1330. The molecule has 0 saturated carbocycles. The SMILES string of the molecule is COc1cc(OCc2cccc(-c3ccccc3)c2C)cc(OC)c1CNC(CC(F)(F)F)c1ccccc1. The molecule has 4 rings (SSSR count). The molecule has 0 heterocycles. The largest absolute Gasteiger partial charge is 0.496 e. The molecular weight excluding hydrogens is 503 g/mol. The van der Waals surface area contributed by atoms with Gasteiger partial charge in [0.05, 0.1) is 26.2 Å². The van der Waals surface area contributed by atoms with Crippen LogP contribution in [0.3, 0.4) is 0 Å². The average molecular weight is 536 g/mol. The first-order valence-electron chi connectivity index (χ1n) is 12.7. The van der Waals surface area contributed by atoms with E-state index in [1.807, 2.05) is 30.3 Å². The molecule has 0 aliphatic heterocycles. The summed E-state index contributed by atoms with van der Waals surface area (Å²) in [6, 6.07) is 27.4. The van der Waals surface area contributed by atoms with Crippen molar-refractivity contribution >= 4 is 0 Å². The molecule has 0 fully saturated rings. The van der Waals surface area contributed by atoms with Gasteiger partial charge in [0.2, 0.25) is 0 Å². The van der Waals surface area contributed by atoms with Gasteiger partial charge >= 0.3 is 6.18 Å². The molecule has 0 radical (unpaired) electrons. The van der Waals surface area contributed by atoms with Gasteiger partial charge in [0.15, 0.2) is 0 Å². The van der Waals surface area contributed by atoms with Crippen molar-refractivity contribution in [2.45, 2.75) is 38.7 Å². The smallest absolute Gasteiger partial charge is 0.390 e. The number of hydrogen-bond acceptors (Lipinski definition) is 4. The highest BCUT2D eigenvalue weighted by molar-refractivity contribution is 5.68. The highest BCUT2D eigenvalue weighted by Gasteiger charge is 2.32. The van der Waals surface area contributed by atoms with E-state index in [9.17, 15) is 13.2 Å². The monoisotopic (exact) mass is 535 g/mol. The van der Waals surface area contributed by atoms with Crippen LogP contribution in [0.4, 0.5) is 13.2 Å². The van der Waals surface area contributed by atoms with E-state index in [1.165, 1.54) is 14.2 Å². The van der Waals surface area contributed by atoms with E-state index < -0.39 is 18.6 Å². The zero-order valence-corrected chi connectivity index (χ0v) is 22.2. The van der Waals surface area contributed by atoms with Gasteiger partial charge in [0, 0.05) is 24.7 Å². The van der Waals surface area contributed by atoms with Gasteiger partial charge < -0.3 is 19.5 Å². The van der Waals surface area contributed by atoms with Gasteiger partial charge in [0.1, 0.15) is 23.9 Å². The Morgan fingerprint density at radius 2 is 1.41 bits per heavy atom. The maximum absolute atomic E-state index is 13.3. The summed E-state index contributed by atoms with van der Waals surface area (Å²) in [5.74, 6) is 1.46. The molecule has 7 heteroatoms. The summed E-state index contributed by atoms with van der Waals surface area (Å²) in [7, 11) is 3.03. The lowest BCUT2D eigenvalue weighted by Gasteiger charge is -2.23. The molecule has 4 aromatic rings. The maximum Gasteiger partial charge on any atom is 0.390 e. The van der Waals surface area contributed by atoms with Crippen LogP contribution in [0.15, 0.2) is 91.0 Å². The minimum Gasteiger partial charge on any atom is -0.496 e. The number of alkyl halides is 3. The number of halogens is 3. The molecule has 1 atom stereocenters. The normalized spacial score (nSPS) is 12.2. The van der Waals surface area contributed by atoms with Crippen LogP contribution >= 0.6 is 0 Å². The van der Waals surface area contributed by atoms with Crippen molar-refractivity contribution in [3.8, 4) is 28.4 Å². The molecule has 4 aromatic carbocycles. The van der Waals surface area contributed by atoms with E-state index in [2.05, 4.69) is 30.4 Å². The molecule has 0 saturated heterocycles. The lowest BCUT2D eigenvalue weighted by molar-refractivity contribution is -0.140. The van der Waals surface area contributed by atoms with Gasteiger partial charge in [-0.05, 0) is 34.7 Å². The first-order chi connectivity index (χ1) is 18.8. The second-order valence-electron chi connectivity index (χ2n) is 9.21. The molecule has 1 unspecified atom stereocenters. The maximum atomic E-state index is 13.3. The second kappa shape index (κ2) is 12.7. The first-order valence-corrected chi connectivity index (χ1v) is 12.7. The van der Waals surface area contributed by atoms with Gasteiger partial charge in [-0.3, -0.25) is 0 Å². The van der Waals surface area contributed by atoms with Gasteiger partial charge in [-0.15, -0.1) is 0 Å². The zero-order valence-electron chi connectivity index (χ0n) is 22.2. The molecule has 0 amide bonds. The van der Waals surface area contributed by atoms with Crippen molar-refractivity contribution in [1.29, 1.82) is 0 Å². The van der Waals surface area contributed by atoms with E-state index in [0.29, 0.717) is 35.0 Å². The van der Waals surface area contributed by atoms with Gasteiger partial charge in [-0.2, -0.15) is 13.2 Å². The molecule has 204 valence electrons. The van der Waals surface area contributed by atoms with E-state index in [4.69, 9.17) is 14.2 Å². The van der Waals surface area contributed by atoms with Crippen LogP contribution in [-0.4, -0.2) is 20.4 Å². The van der Waals surface area contributed by atoms with Crippen LogP contribution in [0.5, 0.6) is 17.2 Å². The molecule has 1 N–H and O–H groups in total. The predicted octanol–water partition coefficient (Wildman–Crippen LogP) is 8.04. The predicted molar refractivity (Wildman–Crippen MR) is 147 cm³/mol. The number of nitrogens with one attached hydrogen (secondary N) is 1. The Kier molecular flexibility index (Phi) is 9.15.